The zero-order chi connectivity index (χ0) is 15.0. The summed E-state index contributed by atoms with van der Waals surface area (Å²) in [7, 11) is 0. The Morgan fingerprint density at radius 1 is 1.48 bits per heavy atom. The Morgan fingerprint density at radius 3 is 3.00 bits per heavy atom. The van der Waals surface area contributed by atoms with Crippen molar-refractivity contribution in [3.05, 3.63) is 27.8 Å². The van der Waals surface area contributed by atoms with Crippen LogP contribution in [-0.2, 0) is 11.2 Å². The van der Waals surface area contributed by atoms with Crippen LogP contribution >= 0.6 is 0 Å². The fraction of sp³-hybridized carbons (Fsp3) is 0.500. The van der Waals surface area contributed by atoms with Crippen molar-refractivity contribution in [3.63, 3.8) is 0 Å². The molecular weight excluding hydrogens is 274 g/mol. The van der Waals surface area contributed by atoms with Crippen LogP contribution in [0.4, 0.5) is 17.1 Å². The number of carbonyl (C=O) groups is 1. The summed E-state index contributed by atoms with van der Waals surface area (Å²) in [6, 6.07) is 3.21. The maximum Gasteiger partial charge on any atom is 0.292 e. The molecule has 0 aromatic heterocycles. The first-order valence-corrected chi connectivity index (χ1v) is 7.05. The van der Waals surface area contributed by atoms with Crippen LogP contribution < -0.4 is 10.2 Å². The lowest BCUT2D eigenvalue weighted by molar-refractivity contribution is -0.384. The van der Waals surface area contributed by atoms with Crippen molar-refractivity contribution in [2.75, 3.05) is 29.9 Å². The van der Waals surface area contributed by atoms with Crippen molar-refractivity contribution < 1.29 is 14.8 Å². The number of anilines is 2. The van der Waals surface area contributed by atoms with E-state index in [0.717, 1.165) is 13.0 Å². The number of nitro groups is 1. The molecule has 1 atom stereocenters. The van der Waals surface area contributed by atoms with Crippen molar-refractivity contribution >= 4 is 23.0 Å². The monoisotopic (exact) mass is 291 g/mol. The molecule has 1 aromatic rings. The van der Waals surface area contributed by atoms with Gasteiger partial charge < -0.3 is 15.3 Å². The number of carbonyl (C=O) groups excluding carboxylic acids is 1. The number of nitrogens with one attached hydrogen (secondary N) is 1. The van der Waals surface area contributed by atoms with Gasteiger partial charge in [0.25, 0.3) is 5.69 Å². The Morgan fingerprint density at radius 2 is 2.29 bits per heavy atom. The molecule has 7 heteroatoms. The van der Waals surface area contributed by atoms with Crippen LogP contribution in [0.25, 0.3) is 0 Å². The van der Waals surface area contributed by atoms with Crippen molar-refractivity contribution in [3.8, 4) is 0 Å². The Kier molecular flexibility index (Phi) is 3.50. The quantitative estimate of drug-likeness (QED) is 0.644. The second-order valence-corrected chi connectivity index (χ2v) is 5.59. The summed E-state index contributed by atoms with van der Waals surface area (Å²) < 4.78 is 0. The van der Waals surface area contributed by atoms with E-state index in [1.807, 2.05) is 4.90 Å². The molecule has 1 amide bonds. The molecule has 1 saturated heterocycles. The maximum atomic E-state index is 11.4. The van der Waals surface area contributed by atoms with E-state index in [2.05, 4.69) is 5.32 Å². The van der Waals surface area contributed by atoms with Gasteiger partial charge in [-0.05, 0) is 30.4 Å². The molecule has 2 aliphatic rings. The Bertz CT molecular complexity index is 602. The maximum absolute atomic E-state index is 11.4. The third-order valence-electron chi connectivity index (χ3n) is 4.19. The van der Waals surface area contributed by atoms with Crippen LogP contribution in [0.15, 0.2) is 12.1 Å². The highest BCUT2D eigenvalue weighted by Crippen LogP contribution is 2.39. The van der Waals surface area contributed by atoms with Crippen LogP contribution in [0.2, 0.25) is 0 Å². The Hall–Kier alpha value is -2.15. The highest BCUT2D eigenvalue weighted by molar-refractivity contribution is 6.00. The van der Waals surface area contributed by atoms with Crippen LogP contribution in [0.3, 0.4) is 0 Å². The van der Waals surface area contributed by atoms with Gasteiger partial charge in [-0.15, -0.1) is 0 Å². The van der Waals surface area contributed by atoms with Gasteiger partial charge in [0.1, 0.15) is 5.69 Å². The number of fused-ring (bicyclic) bond motifs is 1. The smallest absolute Gasteiger partial charge is 0.292 e. The lowest BCUT2D eigenvalue weighted by Gasteiger charge is -2.19. The van der Waals surface area contributed by atoms with E-state index in [4.69, 9.17) is 5.11 Å². The van der Waals surface area contributed by atoms with Crippen LogP contribution in [0, 0.1) is 16.0 Å². The van der Waals surface area contributed by atoms with Crippen molar-refractivity contribution in [2.24, 2.45) is 5.92 Å². The molecular formula is C14H17N3O4. The third kappa shape index (κ3) is 2.56. The topological polar surface area (TPSA) is 95.7 Å². The van der Waals surface area contributed by atoms with Gasteiger partial charge in [0.05, 0.1) is 11.3 Å². The molecule has 2 N–H and O–H groups in total. The second-order valence-electron chi connectivity index (χ2n) is 5.59. The fourth-order valence-electron chi connectivity index (χ4n) is 3.12. The van der Waals surface area contributed by atoms with Crippen molar-refractivity contribution in [1.82, 2.24) is 0 Å². The van der Waals surface area contributed by atoms with Gasteiger partial charge in [0.2, 0.25) is 5.91 Å². The predicted molar refractivity (Wildman–Crippen MR) is 77.5 cm³/mol. The van der Waals surface area contributed by atoms with Crippen molar-refractivity contribution in [1.29, 1.82) is 0 Å². The van der Waals surface area contributed by atoms with Gasteiger partial charge in [0, 0.05) is 31.5 Å². The minimum atomic E-state index is -0.391. The average Bonchev–Trinajstić information content (AvgIpc) is 3.02. The average molecular weight is 291 g/mol. The van der Waals surface area contributed by atoms with Gasteiger partial charge in [0.15, 0.2) is 0 Å². The molecule has 0 aliphatic carbocycles. The van der Waals surface area contributed by atoms with Gasteiger partial charge in [-0.2, -0.15) is 0 Å². The van der Waals surface area contributed by atoms with E-state index in [1.54, 1.807) is 6.07 Å². The minimum absolute atomic E-state index is 0.0508. The molecule has 112 valence electrons. The van der Waals surface area contributed by atoms with Crippen molar-refractivity contribution in [2.45, 2.75) is 19.3 Å². The lowest BCUT2D eigenvalue weighted by atomic mass is 10.1. The van der Waals surface area contributed by atoms with Gasteiger partial charge >= 0.3 is 0 Å². The molecule has 0 radical (unpaired) electrons. The molecule has 2 heterocycles. The summed E-state index contributed by atoms with van der Waals surface area (Å²) >= 11 is 0. The number of aliphatic hydroxyl groups excluding tert-OH is 1. The Balaban J connectivity index is 1.93. The first kappa shape index (κ1) is 13.8. The van der Waals surface area contributed by atoms with Crippen LogP contribution in [0.1, 0.15) is 18.4 Å². The molecule has 1 unspecified atom stereocenters. The molecule has 7 nitrogen and oxygen atoms in total. The van der Waals surface area contributed by atoms with E-state index in [9.17, 15) is 14.9 Å². The number of nitrogens with zero attached hydrogens (tertiary/aromatic N) is 2. The molecule has 2 aliphatic heterocycles. The highest BCUT2D eigenvalue weighted by Gasteiger charge is 2.30. The van der Waals surface area contributed by atoms with Crippen LogP contribution in [-0.4, -0.2) is 35.6 Å². The lowest BCUT2D eigenvalue weighted by Crippen LogP contribution is -2.21. The molecule has 21 heavy (non-hydrogen) atoms. The number of hydrogen-bond donors (Lipinski definition) is 2. The standard InChI is InChI=1S/C14H17N3O4/c18-4-2-9-1-3-16(8-9)12-7-11-10(6-14(19)15-11)5-13(12)17(20)21/h5,7,9,18H,1-4,6,8H2,(H,15,19). The molecule has 0 spiro atoms. The van der Waals surface area contributed by atoms with E-state index < -0.39 is 4.92 Å². The first-order chi connectivity index (χ1) is 10.1. The second kappa shape index (κ2) is 5.33. The third-order valence-corrected chi connectivity index (χ3v) is 4.19. The van der Waals surface area contributed by atoms with E-state index in [1.165, 1.54) is 6.07 Å². The number of amides is 1. The number of benzene rings is 1. The van der Waals surface area contributed by atoms with Gasteiger partial charge in [-0.25, -0.2) is 0 Å². The summed E-state index contributed by atoms with van der Waals surface area (Å²) in [4.78, 5) is 24.3. The predicted octanol–water partition coefficient (Wildman–Crippen LogP) is 1.30. The zero-order valence-electron chi connectivity index (χ0n) is 11.5. The Labute approximate surface area is 121 Å². The summed E-state index contributed by atoms with van der Waals surface area (Å²) in [5.74, 6) is 0.230. The summed E-state index contributed by atoms with van der Waals surface area (Å²) in [6.07, 6.45) is 1.83. The largest absolute Gasteiger partial charge is 0.396 e. The van der Waals surface area contributed by atoms with E-state index >= 15 is 0 Å². The summed E-state index contributed by atoms with van der Waals surface area (Å²) in [5.41, 5.74) is 1.96. The molecule has 1 aromatic carbocycles. The van der Waals surface area contributed by atoms with Gasteiger partial charge in [-0.1, -0.05) is 0 Å². The summed E-state index contributed by atoms with van der Waals surface area (Å²) in [6.45, 7) is 1.58. The molecule has 3 rings (SSSR count). The molecule has 0 bridgehead atoms. The number of nitro benzene ring substituents is 1. The molecule has 1 fully saturated rings. The van der Waals surface area contributed by atoms with E-state index in [-0.39, 0.29) is 24.6 Å². The van der Waals surface area contributed by atoms with Gasteiger partial charge in [-0.3, -0.25) is 14.9 Å². The SMILES string of the molecule is O=C1Cc2cc([N+](=O)[O-])c(N3CCC(CCO)C3)cc2N1. The molecule has 0 saturated carbocycles. The number of hydrogen-bond acceptors (Lipinski definition) is 5. The highest BCUT2D eigenvalue weighted by atomic mass is 16.6. The first-order valence-electron chi connectivity index (χ1n) is 7.05. The normalized spacial score (nSPS) is 20.5. The van der Waals surface area contributed by atoms with Crippen LogP contribution in [0.5, 0.6) is 0 Å². The zero-order valence-corrected chi connectivity index (χ0v) is 11.5. The minimum Gasteiger partial charge on any atom is -0.396 e. The fourth-order valence-corrected chi connectivity index (χ4v) is 3.12. The number of rotatable bonds is 4. The summed E-state index contributed by atoms with van der Waals surface area (Å²) in [5, 5.41) is 23.0. The number of aliphatic hydroxyl groups is 1. The van der Waals surface area contributed by atoms with E-state index in [0.29, 0.717) is 35.8 Å².